The Kier molecular flexibility index (Phi) is 7.05. The highest BCUT2D eigenvalue weighted by molar-refractivity contribution is 7.89. The lowest BCUT2D eigenvalue weighted by molar-refractivity contribution is 0.219. The molecule has 1 fully saturated rings. The van der Waals surface area contributed by atoms with Crippen molar-refractivity contribution in [2.45, 2.75) is 24.2 Å². The maximum absolute atomic E-state index is 13.5. The third kappa shape index (κ3) is 5.65. The van der Waals surface area contributed by atoms with E-state index in [2.05, 4.69) is 16.2 Å². The second-order valence-electron chi connectivity index (χ2n) is 7.44. The van der Waals surface area contributed by atoms with Gasteiger partial charge >= 0.3 is 0 Å². The molecular weight excluding hydrogens is 389 g/mol. The Bertz CT molecular complexity index is 954. The summed E-state index contributed by atoms with van der Waals surface area (Å²) in [5.41, 5.74) is 7.68. The normalized spacial score (nSPS) is 15.4. The molecule has 29 heavy (non-hydrogen) atoms. The van der Waals surface area contributed by atoms with E-state index >= 15 is 0 Å². The number of piperidine rings is 1. The second kappa shape index (κ2) is 9.52. The largest absolute Gasteiger partial charge is 0.374 e. The van der Waals surface area contributed by atoms with E-state index in [0.29, 0.717) is 23.6 Å². The summed E-state index contributed by atoms with van der Waals surface area (Å²) in [5, 5.41) is 0. The topological polar surface area (TPSA) is 75.4 Å². The van der Waals surface area contributed by atoms with Crippen LogP contribution in [0.5, 0.6) is 0 Å². The average Bonchev–Trinajstić information content (AvgIpc) is 2.73. The zero-order valence-corrected chi connectivity index (χ0v) is 17.3. The summed E-state index contributed by atoms with van der Waals surface area (Å²) in [5.74, 6) is 0.284. The van der Waals surface area contributed by atoms with Crippen molar-refractivity contribution in [3.05, 3.63) is 66.6 Å². The summed E-state index contributed by atoms with van der Waals surface area (Å²) in [6, 6.07) is 12.6. The van der Waals surface area contributed by atoms with Crippen LogP contribution in [-0.2, 0) is 10.0 Å². The van der Waals surface area contributed by atoms with Crippen LogP contribution >= 0.6 is 0 Å². The first-order valence-corrected chi connectivity index (χ1v) is 11.4. The second-order valence-corrected chi connectivity index (χ2v) is 9.20. The van der Waals surface area contributed by atoms with Gasteiger partial charge in [0.05, 0.1) is 11.4 Å². The first-order chi connectivity index (χ1) is 13.9. The lowest BCUT2D eigenvalue weighted by Gasteiger charge is -2.34. The zero-order valence-electron chi connectivity index (χ0n) is 16.5. The van der Waals surface area contributed by atoms with E-state index in [0.717, 1.165) is 38.0 Å². The van der Waals surface area contributed by atoms with Crippen LogP contribution in [0.15, 0.2) is 65.7 Å². The van der Waals surface area contributed by atoms with Gasteiger partial charge in [-0.25, -0.2) is 17.5 Å². The van der Waals surface area contributed by atoms with Crippen molar-refractivity contribution >= 4 is 10.0 Å². The molecule has 1 saturated heterocycles. The fourth-order valence-corrected chi connectivity index (χ4v) is 4.72. The molecule has 2 aromatic carbocycles. The van der Waals surface area contributed by atoms with Crippen LogP contribution in [0.2, 0.25) is 0 Å². The van der Waals surface area contributed by atoms with Gasteiger partial charge in [0.2, 0.25) is 10.0 Å². The number of nitrogens with zero attached hydrogens (tertiary/aromatic N) is 1. The highest BCUT2D eigenvalue weighted by Crippen LogP contribution is 2.24. The quantitative estimate of drug-likeness (QED) is 0.691. The van der Waals surface area contributed by atoms with Gasteiger partial charge < -0.3 is 10.6 Å². The fraction of sp³-hybridized carbons (Fsp3) is 0.364. The molecule has 0 aromatic heterocycles. The van der Waals surface area contributed by atoms with Gasteiger partial charge in [-0.2, -0.15) is 0 Å². The van der Waals surface area contributed by atoms with Gasteiger partial charge in [0.15, 0.2) is 0 Å². The Morgan fingerprint density at radius 3 is 2.45 bits per heavy atom. The Balaban J connectivity index is 1.63. The third-order valence-corrected chi connectivity index (χ3v) is 6.80. The van der Waals surface area contributed by atoms with Crippen molar-refractivity contribution in [3.8, 4) is 11.1 Å². The third-order valence-electron chi connectivity index (χ3n) is 5.41. The van der Waals surface area contributed by atoms with Gasteiger partial charge in [-0.05, 0) is 67.1 Å². The van der Waals surface area contributed by atoms with Gasteiger partial charge in [-0.3, -0.25) is 0 Å². The molecule has 0 amide bonds. The summed E-state index contributed by atoms with van der Waals surface area (Å²) >= 11 is 0. The average molecular weight is 418 g/mol. The summed E-state index contributed by atoms with van der Waals surface area (Å²) in [4.78, 5) is 2.28. The molecule has 1 aliphatic heterocycles. The number of sulfonamides is 1. The number of nitrogens with one attached hydrogen (secondary N) is 1. The van der Waals surface area contributed by atoms with Gasteiger partial charge in [-0.15, -0.1) is 0 Å². The molecule has 156 valence electrons. The SMILES string of the molecule is C=C(CNS(=O)(=O)c1cccc(-c2cccc(F)c2)c1)N1CCC(CCN)CC1. The molecule has 0 bridgehead atoms. The number of rotatable bonds is 8. The molecule has 0 atom stereocenters. The summed E-state index contributed by atoms with van der Waals surface area (Å²) < 4.78 is 41.6. The van der Waals surface area contributed by atoms with Crippen molar-refractivity contribution in [1.29, 1.82) is 0 Å². The van der Waals surface area contributed by atoms with Gasteiger partial charge in [0, 0.05) is 18.8 Å². The summed E-state index contributed by atoms with van der Waals surface area (Å²) in [6.07, 6.45) is 3.14. The van der Waals surface area contributed by atoms with Crippen molar-refractivity contribution in [2.24, 2.45) is 11.7 Å². The van der Waals surface area contributed by atoms with Crippen LogP contribution < -0.4 is 10.5 Å². The van der Waals surface area contributed by atoms with Crippen molar-refractivity contribution in [3.63, 3.8) is 0 Å². The van der Waals surface area contributed by atoms with E-state index in [9.17, 15) is 12.8 Å². The molecule has 0 saturated carbocycles. The van der Waals surface area contributed by atoms with Crippen LogP contribution in [-0.4, -0.2) is 39.5 Å². The van der Waals surface area contributed by atoms with E-state index in [-0.39, 0.29) is 17.3 Å². The van der Waals surface area contributed by atoms with Gasteiger partial charge in [0.25, 0.3) is 0 Å². The predicted octanol–water partition coefficient (Wildman–Crippen LogP) is 3.35. The van der Waals surface area contributed by atoms with E-state index in [1.54, 1.807) is 30.3 Å². The molecule has 1 aliphatic rings. The molecule has 0 spiro atoms. The minimum absolute atomic E-state index is 0.147. The standard InChI is InChI=1S/C22H28FN3O2S/c1-17(26-12-9-18(8-11-24)10-13-26)16-25-29(27,28)22-7-3-5-20(15-22)19-4-2-6-21(23)14-19/h2-7,14-15,18,25H,1,8-13,16,24H2. The summed E-state index contributed by atoms with van der Waals surface area (Å²) in [7, 11) is -3.70. The van der Waals surface area contributed by atoms with Crippen LogP contribution in [0.1, 0.15) is 19.3 Å². The molecule has 0 unspecified atom stereocenters. The van der Waals surface area contributed by atoms with Gasteiger partial charge in [-0.1, -0.05) is 30.8 Å². The zero-order chi connectivity index (χ0) is 20.9. The number of halogens is 1. The van der Waals surface area contributed by atoms with Crippen molar-refractivity contribution < 1.29 is 12.8 Å². The Morgan fingerprint density at radius 1 is 1.14 bits per heavy atom. The fourth-order valence-electron chi connectivity index (χ4n) is 3.66. The number of likely N-dealkylation sites (tertiary alicyclic amines) is 1. The Hall–Kier alpha value is -2.22. The van der Waals surface area contributed by atoms with E-state index in [1.165, 1.54) is 18.2 Å². The number of hydrogen-bond acceptors (Lipinski definition) is 4. The molecule has 7 heteroatoms. The number of benzene rings is 2. The minimum Gasteiger partial charge on any atom is -0.374 e. The molecular formula is C22H28FN3O2S. The van der Waals surface area contributed by atoms with E-state index < -0.39 is 10.0 Å². The van der Waals surface area contributed by atoms with E-state index in [4.69, 9.17) is 5.73 Å². The predicted molar refractivity (Wildman–Crippen MR) is 114 cm³/mol. The highest BCUT2D eigenvalue weighted by Gasteiger charge is 2.21. The van der Waals surface area contributed by atoms with Crippen molar-refractivity contribution in [2.75, 3.05) is 26.2 Å². The molecule has 0 radical (unpaired) electrons. The highest BCUT2D eigenvalue weighted by atomic mass is 32.2. The monoisotopic (exact) mass is 417 g/mol. The maximum atomic E-state index is 13.5. The molecule has 3 rings (SSSR count). The molecule has 3 N–H and O–H groups in total. The lowest BCUT2D eigenvalue weighted by atomic mass is 9.93. The molecule has 2 aromatic rings. The number of hydrogen-bond donors (Lipinski definition) is 2. The van der Waals surface area contributed by atoms with Crippen LogP contribution in [0.4, 0.5) is 4.39 Å². The molecule has 1 heterocycles. The first kappa shape index (κ1) is 21.5. The Labute approximate surface area is 172 Å². The minimum atomic E-state index is -3.70. The van der Waals surface area contributed by atoms with Gasteiger partial charge in [0.1, 0.15) is 5.82 Å². The molecule has 0 aliphatic carbocycles. The van der Waals surface area contributed by atoms with E-state index in [1.807, 2.05) is 0 Å². The lowest BCUT2D eigenvalue weighted by Crippen LogP contribution is -2.38. The smallest absolute Gasteiger partial charge is 0.240 e. The molecule has 5 nitrogen and oxygen atoms in total. The van der Waals surface area contributed by atoms with Crippen LogP contribution in [0.25, 0.3) is 11.1 Å². The maximum Gasteiger partial charge on any atom is 0.240 e. The van der Waals surface area contributed by atoms with Crippen LogP contribution in [0, 0.1) is 11.7 Å². The summed E-state index contributed by atoms with van der Waals surface area (Å²) in [6.45, 7) is 6.67. The first-order valence-electron chi connectivity index (χ1n) is 9.87. The Morgan fingerprint density at radius 2 is 1.79 bits per heavy atom. The van der Waals surface area contributed by atoms with Crippen molar-refractivity contribution in [1.82, 2.24) is 9.62 Å². The number of nitrogens with two attached hydrogens (primary N) is 1. The van der Waals surface area contributed by atoms with Crippen LogP contribution in [0.3, 0.4) is 0 Å².